The first-order valence-corrected chi connectivity index (χ1v) is 6.87. The van der Waals surface area contributed by atoms with Crippen LogP contribution >= 0.6 is 27.3 Å². The lowest BCUT2D eigenvalue weighted by atomic mass is 9.96. The van der Waals surface area contributed by atoms with Crippen LogP contribution in [-0.2, 0) is 0 Å². The molecular weight excluding hydrogens is 301 g/mol. The third-order valence-corrected chi connectivity index (χ3v) is 4.41. The van der Waals surface area contributed by atoms with Crippen LogP contribution in [0.1, 0.15) is 27.6 Å². The van der Waals surface area contributed by atoms with Crippen LogP contribution in [0.5, 0.6) is 0 Å². The van der Waals surface area contributed by atoms with E-state index in [0.29, 0.717) is 0 Å². The van der Waals surface area contributed by atoms with Crippen molar-refractivity contribution in [2.75, 3.05) is 0 Å². The van der Waals surface area contributed by atoms with E-state index in [1.54, 1.807) is 17.4 Å². The minimum Gasteiger partial charge on any atom is -0.320 e. The minimum absolute atomic E-state index is 0.243. The van der Waals surface area contributed by atoms with Crippen LogP contribution in [0.15, 0.2) is 28.1 Å². The molecule has 0 saturated carbocycles. The predicted molar refractivity (Wildman–Crippen MR) is 73.9 cm³/mol. The quantitative estimate of drug-likeness (QED) is 0.878. The Morgan fingerprint density at radius 3 is 2.53 bits per heavy atom. The molecule has 90 valence electrons. The summed E-state index contributed by atoms with van der Waals surface area (Å²) < 4.78 is 14.3. The molecule has 1 aromatic carbocycles. The topological polar surface area (TPSA) is 26.0 Å². The van der Waals surface area contributed by atoms with Crippen LogP contribution in [0.2, 0.25) is 0 Å². The van der Waals surface area contributed by atoms with Gasteiger partial charge in [-0.25, -0.2) is 4.39 Å². The smallest absolute Gasteiger partial charge is 0.123 e. The molecule has 0 aliphatic rings. The molecule has 1 unspecified atom stereocenters. The summed E-state index contributed by atoms with van der Waals surface area (Å²) in [5.41, 5.74) is 9.13. The standard InChI is InChI=1S/C13H13BrFNS/c1-7-3-4-9(15)5-10(7)13(16)11-6-12(14)17-8(11)2/h3-6,13H,16H2,1-2H3. The van der Waals surface area contributed by atoms with Crippen molar-refractivity contribution in [3.63, 3.8) is 0 Å². The van der Waals surface area contributed by atoms with Gasteiger partial charge >= 0.3 is 0 Å². The van der Waals surface area contributed by atoms with Crippen molar-refractivity contribution in [2.45, 2.75) is 19.9 Å². The SMILES string of the molecule is Cc1ccc(F)cc1C(N)c1cc(Br)sc1C. The van der Waals surface area contributed by atoms with Gasteiger partial charge in [-0.2, -0.15) is 0 Å². The molecule has 0 bridgehead atoms. The van der Waals surface area contributed by atoms with Gasteiger partial charge in [0.05, 0.1) is 9.83 Å². The Morgan fingerprint density at radius 1 is 1.24 bits per heavy atom. The van der Waals surface area contributed by atoms with E-state index in [1.165, 1.54) is 12.1 Å². The van der Waals surface area contributed by atoms with E-state index in [1.807, 2.05) is 19.9 Å². The largest absolute Gasteiger partial charge is 0.320 e. The van der Waals surface area contributed by atoms with Crippen LogP contribution in [0.3, 0.4) is 0 Å². The van der Waals surface area contributed by atoms with E-state index in [-0.39, 0.29) is 11.9 Å². The molecule has 0 aliphatic carbocycles. The monoisotopic (exact) mass is 313 g/mol. The Bertz CT molecular complexity index is 550. The normalized spacial score (nSPS) is 12.8. The molecule has 0 fully saturated rings. The van der Waals surface area contributed by atoms with Gasteiger partial charge in [0.2, 0.25) is 0 Å². The molecule has 4 heteroatoms. The lowest BCUT2D eigenvalue weighted by Crippen LogP contribution is -2.13. The Balaban J connectivity index is 2.46. The molecule has 2 aromatic rings. The zero-order chi connectivity index (χ0) is 12.6. The highest BCUT2D eigenvalue weighted by atomic mass is 79.9. The van der Waals surface area contributed by atoms with Crippen LogP contribution in [0.4, 0.5) is 4.39 Å². The number of hydrogen-bond acceptors (Lipinski definition) is 2. The molecule has 1 atom stereocenters. The molecule has 0 spiro atoms. The highest BCUT2D eigenvalue weighted by Gasteiger charge is 2.16. The molecular formula is C13H13BrFNS. The second-order valence-corrected chi connectivity index (χ2v) is 6.68. The number of thiophene rings is 1. The number of nitrogens with two attached hydrogens (primary N) is 1. The lowest BCUT2D eigenvalue weighted by Gasteiger charge is -2.14. The summed E-state index contributed by atoms with van der Waals surface area (Å²) in [5, 5.41) is 0. The van der Waals surface area contributed by atoms with Crippen LogP contribution < -0.4 is 5.73 Å². The van der Waals surface area contributed by atoms with Gasteiger partial charge in [0.15, 0.2) is 0 Å². The highest BCUT2D eigenvalue weighted by molar-refractivity contribution is 9.11. The molecule has 0 radical (unpaired) electrons. The van der Waals surface area contributed by atoms with E-state index < -0.39 is 0 Å². The van der Waals surface area contributed by atoms with Gasteiger partial charge in [0, 0.05) is 4.88 Å². The van der Waals surface area contributed by atoms with E-state index in [4.69, 9.17) is 5.73 Å². The zero-order valence-corrected chi connectivity index (χ0v) is 12.0. The summed E-state index contributed by atoms with van der Waals surface area (Å²) in [6.07, 6.45) is 0. The first kappa shape index (κ1) is 12.7. The molecule has 0 amide bonds. The minimum atomic E-state index is -0.270. The maximum absolute atomic E-state index is 13.3. The van der Waals surface area contributed by atoms with Crippen molar-refractivity contribution in [2.24, 2.45) is 5.73 Å². The zero-order valence-electron chi connectivity index (χ0n) is 9.63. The summed E-state index contributed by atoms with van der Waals surface area (Å²) in [4.78, 5) is 1.16. The number of halogens is 2. The van der Waals surface area contributed by atoms with E-state index in [2.05, 4.69) is 15.9 Å². The molecule has 0 saturated heterocycles. The third kappa shape index (κ3) is 2.59. The van der Waals surface area contributed by atoms with E-state index >= 15 is 0 Å². The summed E-state index contributed by atoms with van der Waals surface area (Å²) in [6, 6.07) is 6.48. The van der Waals surface area contributed by atoms with Gasteiger partial charge in [-0.3, -0.25) is 0 Å². The van der Waals surface area contributed by atoms with Crippen molar-refractivity contribution in [3.05, 3.63) is 55.4 Å². The Hall–Kier alpha value is -0.710. The first-order valence-electron chi connectivity index (χ1n) is 5.26. The molecule has 0 aliphatic heterocycles. The Kier molecular flexibility index (Phi) is 3.66. The van der Waals surface area contributed by atoms with Crippen LogP contribution in [-0.4, -0.2) is 0 Å². The number of hydrogen-bond donors (Lipinski definition) is 1. The number of rotatable bonds is 2. The Morgan fingerprint density at radius 2 is 1.94 bits per heavy atom. The molecule has 1 heterocycles. The maximum atomic E-state index is 13.3. The van der Waals surface area contributed by atoms with Crippen LogP contribution in [0.25, 0.3) is 0 Å². The molecule has 2 N–H and O–H groups in total. The van der Waals surface area contributed by atoms with Gasteiger partial charge in [0.1, 0.15) is 5.82 Å². The van der Waals surface area contributed by atoms with Crippen molar-refractivity contribution < 1.29 is 4.39 Å². The summed E-state index contributed by atoms with van der Waals surface area (Å²) in [5.74, 6) is -0.243. The fourth-order valence-corrected chi connectivity index (χ4v) is 3.64. The van der Waals surface area contributed by atoms with Gasteiger partial charge in [-0.1, -0.05) is 6.07 Å². The maximum Gasteiger partial charge on any atom is 0.123 e. The number of aryl methyl sites for hydroxylation is 2. The molecule has 17 heavy (non-hydrogen) atoms. The van der Waals surface area contributed by atoms with Crippen molar-refractivity contribution in [1.29, 1.82) is 0 Å². The molecule has 1 aromatic heterocycles. The summed E-state index contributed by atoms with van der Waals surface area (Å²) in [7, 11) is 0. The second kappa shape index (κ2) is 4.88. The van der Waals surface area contributed by atoms with Gasteiger partial charge in [-0.15, -0.1) is 11.3 Å². The lowest BCUT2D eigenvalue weighted by molar-refractivity contribution is 0.622. The summed E-state index contributed by atoms with van der Waals surface area (Å²) >= 11 is 5.09. The van der Waals surface area contributed by atoms with Crippen molar-refractivity contribution >= 4 is 27.3 Å². The summed E-state index contributed by atoms with van der Waals surface area (Å²) in [6.45, 7) is 3.98. The fraction of sp³-hybridized carbons (Fsp3) is 0.231. The average Bonchev–Trinajstić information content (AvgIpc) is 2.60. The fourth-order valence-electron chi connectivity index (χ4n) is 1.88. The van der Waals surface area contributed by atoms with Gasteiger partial charge in [-0.05, 0) is 64.7 Å². The van der Waals surface area contributed by atoms with Crippen molar-refractivity contribution in [3.8, 4) is 0 Å². The first-order chi connectivity index (χ1) is 7.99. The Labute approximate surface area is 113 Å². The van der Waals surface area contributed by atoms with E-state index in [0.717, 1.165) is 25.4 Å². The predicted octanol–water partition coefficient (Wildman–Crippen LogP) is 4.31. The van der Waals surface area contributed by atoms with Gasteiger partial charge in [0.25, 0.3) is 0 Å². The van der Waals surface area contributed by atoms with Crippen molar-refractivity contribution in [1.82, 2.24) is 0 Å². The van der Waals surface area contributed by atoms with E-state index in [9.17, 15) is 4.39 Å². The van der Waals surface area contributed by atoms with Crippen LogP contribution in [0, 0.1) is 19.7 Å². The molecule has 1 nitrogen and oxygen atoms in total. The average molecular weight is 314 g/mol. The second-order valence-electron chi connectivity index (χ2n) is 4.04. The third-order valence-electron chi connectivity index (χ3n) is 2.84. The molecule has 2 rings (SSSR count). The van der Waals surface area contributed by atoms with Gasteiger partial charge < -0.3 is 5.73 Å². The highest BCUT2D eigenvalue weighted by Crippen LogP contribution is 2.33. The number of benzene rings is 1.